The predicted molar refractivity (Wildman–Crippen MR) is 94.9 cm³/mol. The second kappa shape index (κ2) is 6.72. The molecule has 3 heterocycles. The van der Waals surface area contributed by atoms with Gasteiger partial charge in [0.2, 0.25) is 5.91 Å². The lowest BCUT2D eigenvalue weighted by atomic mass is 10.1. The van der Waals surface area contributed by atoms with Gasteiger partial charge in [0.15, 0.2) is 9.84 Å². The van der Waals surface area contributed by atoms with Crippen LogP contribution in [0.15, 0.2) is 24.3 Å². The van der Waals surface area contributed by atoms with Crippen molar-refractivity contribution in [2.45, 2.75) is 25.0 Å². The van der Waals surface area contributed by atoms with Crippen molar-refractivity contribution >= 4 is 27.6 Å². The second-order valence-corrected chi connectivity index (χ2v) is 9.21. The Labute approximate surface area is 157 Å². The molecule has 0 N–H and O–H groups in total. The van der Waals surface area contributed by atoms with E-state index in [0.717, 1.165) is 0 Å². The number of ether oxygens (including phenoxy) is 1. The number of imide groups is 1. The number of amides is 3. The first-order valence-corrected chi connectivity index (χ1v) is 10.8. The number of nitrogens with zero attached hydrogens (tertiary/aromatic N) is 2. The maximum atomic E-state index is 12.6. The van der Waals surface area contributed by atoms with E-state index in [9.17, 15) is 22.8 Å². The van der Waals surface area contributed by atoms with Gasteiger partial charge >= 0.3 is 0 Å². The van der Waals surface area contributed by atoms with Gasteiger partial charge in [-0.25, -0.2) is 8.42 Å². The number of fused-ring (bicyclic) bond motifs is 2. The van der Waals surface area contributed by atoms with E-state index in [1.807, 2.05) is 0 Å². The molecule has 144 valence electrons. The van der Waals surface area contributed by atoms with Crippen LogP contribution in [0.2, 0.25) is 0 Å². The van der Waals surface area contributed by atoms with Crippen LogP contribution < -0.4 is 0 Å². The van der Waals surface area contributed by atoms with E-state index < -0.39 is 22.0 Å². The highest BCUT2D eigenvalue weighted by Gasteiger charge is 2.45. The number of sulfone groups is 1. The van der Waals surface area contributed by atoms with E-state index in [-0.39, 0.29) is 42.2 Å². The second-order valence-electron chi connectivity index (χ2n) is 7.05. The molecule has 4 rings (SSSR count). The smallest absolute Gasteiger partial charge is 0.261 e. The van der Waals surface area contributed by atoms with Crippen LogP contribution in [0.1, 0.15) is 33.6 Å². The lowest BCUT2D eigenvalue weighted by Gasteiger charge is -2.36. The fourth-order valence-electron chi connectivity index (χ4n) is 4.00. The van der Waals surface area contributed by atoms with E-state index in [0.29, 0.717) is 30.7 Å². The number of rotatable bonds is 4. The van der Waals surface area contributed by atoms with Gasteiger partial charge in [-0.1, -0.05) is 12.1 Å². The molecule has 0 saturated carbocycles. The SMILES string of the molecule is O=C1c2ccccc2C(=O)N1CCCC(=O)N1CCOC2CS(=O)(=O)CC21. The van der Waals surface area contributed by atoms with Crippen LogP contribution in [-0.2, 0) is 19.4 Å². The molecule has 2 saturated heterocycles. The molecule has 2 atom stereocenters. The lowest BCUT2D eigenvalue weighted by Crippen LogP contribution is -2.53. The number of morpholine rings is 1. The van der Waals surface area contributed by atoms with Crippen molar-refractivity contribution < 1.29 is 27.5 Å². The molecule has 3 aliphatic rings. The molecule has 0 radical (unpaired) electrons. The number of carbonyl (C=O) groups excluding carboxylic acids is 3. The van der Waals surface area contributed by atoms with E-state index in [1.165, 1.54) is 4.90 Å². The Kier molecular flexibility index (Phi) is 4.51. The maximum Gasteiger partial charge on any atom is 0.261 e. The van der Waals surface area contributed by atoms with Crippen molar-refractivity contribution in [2.75, 3.05) is 31.2 Å². The zero-order valence-electron chi connectivity index (χ0n) is 14.7. The normalized spacial score (nSPS) is 26.2. The summed E-state index contributed by atoms with van der Waals surface area (Å²) in [5.41, 5.74) is 0.780. The number of carbonyl (C=O) groups is 3. The molecule has 3 aliphatic heterocycles. The number of hydrogen-bond donors (Lipinski definition) is 0. The van der Waals surface area contributed by atoms with Crippen LogP contribution in [0, 0.1) is 0 Å². The standard InChI is InChI=1S/C18H20N2O6S/c21-16(19-8-9-26-15-11-27(24,25)10-14(15)19)6-3-7-20-17(22)12-4-1-2-5-13(12)18(20)23/h1-2,4-5,14-15H,3,6-11H2. The predicted octanol–water partition coefficient (Wildman–Crippen LogP) is 0.0872. The summed E-state index contributed by atoms with van der Waals surface area (Å²) in [6.45, 7) is 0.845. The fraction of sp³-hybridized carbons (Fsp3) is 0.500. The monoisotopic (exact) mass is 392 g/mol. The Bertz CT molecular complexity index is 877. The minimum Gasteiger partial charge on any atom is -0.373 e. The average Bonchev–Trinajstić information content (AvgIpc) is 3.08. The van der Waals surface area contributed by atoms with Crippen molar-refractivity contribution in [3.05, 3.63) is 35.4 Å². The Morgan fingerprint density at radius 3 is 2.44 bits per heavy atom. The summed E-state index contributed by atoms with van der Waals surface area (Å²) in [7, 11) is -3.19. The number of hydrogen-bond acceptors (Lipinski definition) is 6. The Morgan fingerprint density at radius 1 is 1.11 bits per heavy atom. The third kappa shape index (κ3) is 3.25. The highest BCUT2D eigenvalue weighted by molar-refractivity contribution is 7.91. The summed E-state index contributed by atoms with van der Waals surface area (Å²) < 4.78 is 29.2. The largest absolute Gasteiger partial charge is 0.373 e. The molecule has 0 aromatic heterocycles. The van der Waals surface area contributed by atoms with E-state index in [2.05, 4.69) is 0 Å². The van der Waals surface area contributed by atoms with Gasteiger partial charge in [0.1, 0.15) is 0 Å². The molecule has 2 unspecified atom stereocenters. The molecule has 0 aliphatic carbocycles. The summed E-state index contributed by atoms with van der Waals surface area (Å²) in [4.78, 5) is 40.0. The molecule has 1 aromatic carbocycles. The first-order valence-electron chi connectivity index (χ1n) is 8.94. The van der Waals surface area contributed by atoms with E-state index in [1.54, 1.807) is 29.2 Å². The zero-order valence-corrected chi connectivity index (χ0v) is 15.5. The Hall–Kier alpha value is -2.26. The summed E-state index contributed by atoms with van der Waals surface area (Å²) in [6.07, 6.45) is 0.0339. The molecule has 27 heavy (non-hydrogen) atoms. The quantitative estimate of drug-likeness (QED) is 0.673. The summed E-state index contributed by atoms with van der Waals surface area (Å²) >= 11 is 0. The number of benzene rings is 1. The molecule has 9 heteroatoms. The van der Waals surface area contributed by atoms with Crippen molar-refractivity contribution in [1.29, 1.82) is 0 Å². The molecule has 1 aromatic rings. The van der Waals surface area contributed by atoms with Gasteiger partial charge in [-0.15, -0.1) is 0 Å². The van der Waals surface area contributed by atoms with Crippen molar-refractivity contribution in [2.24, 2.45) is 0 Å². The van der Waals surface area contributed by atoms with Crippen molar-refractivity contribution in [1.82, 2.24) is 9.80 Å². The topological polar surface area (TPSA) is 101 Å². The van der Waals surface area contributed by atoms with Gasteiger partial charge in [0.25, 0.3) is 11.8 Å². The molecular weight excluding hydrogens is 372 g/mol. The lowest BCUT2D eigenvalue weighted by molar-refractivity contribution is -0.142. The first kappa shape index (κ1) is 18.1. The third-order valence-electron chi connectivity index (χ3n) is 5.31. The van der Waals surface area contributed by atoms with Crippen molar-refractivity contribution in [3.63, 3.8) is 0 Å². The van der Waals surface area contributed by atoms with Crippen LogP contribution in [0.5, 0.6) is 0 Å². The van der Waals surface area contributed by atoms with Crippen LogP contribution in [0.25, 0.3) is 0 Å². The fourth-order valence-corrected chi connectivity index (χ4v) is 5.87. The zero-order chi connectivity index (χ0) is 19.2. The van der Waals surface area contributed by atoms with Crippen LogP contribution in [0.4, 0.5) is 0 Å². The Balaban J connectivity index is 1.35. The minimum absolute atomic E-state index is 0.0452. The molecule has 0 bridgehead atoms. The van der Waals surface area contributed by atoms with Gasteiger partial charge in [-0.2, -0.15) is 0 Å². The van der Waals surface area contributed by atoms with Gasteiger partial charge in [0.05, 0.1) is 41.4 Å². The van der Waals surface area contributed by atoms with Gasteiger partial charge < -0.3 is 9.64 Å². The molecule has 3 amide bonds. The molecule has 2 fully saturated rings. The van der Waals surface area contributed by atoms with E-state index >= 15 is 0 Å². The summed E-state index contributed by atoms with van der Waals surface area (Å²) in [5, 5.41) is 0. The van der Waals surface area contributed by atoms with Gasteiger partial charge in [-0.3, -0.25) is 19.3 Å². The van der Waals surface area contributed by atoms with Crippen molar-refractivity contribution in [3.8, 4) is 0 Å². The Morgan fingerprint density at radius 2 is 1.78 bits per heavy atom. The minimum atomic E-state index is -3.19. The highest BCUT2D eigenvalue weighted by Crippen LogP contribution is 2.26. The van der Waals surface area contributed by atoms with Gasteiger partial charge in [-0.05, 0) is 18.6 Å². The summed E-state index contributed by atoms with van der Waals surface area (Å²) in [5.74, 6) is -0.951. The van der Waals surface area contributed by atoms with Crippen LogP contribution in [-0.4, -0.2) is 79.3 Å². The molecular formula is C18H20N2O6S. The van der Waals surface area contributed by atoms with Crippen LogP contribution in [0.3, 0.4) is 0 Å². The maximum absolute atomic E-state index is 12.6. The summed E-state index contributed by atoms with van der Waals surface area (Å²) in [6, 6.07) is 6.23. The molecule has 0 spiro atoms. The highest BCUT2D eigenvalue weighted by atomic mass is 32.2. The third-order valence-corrected chi connectivity index (χ3v) is 6.99. The van der Waals surface area contributed by atoms with E-state index in [4.69, 9.17) is 4.74 Å². The van der Waals surface area contributed by atoms with Gasteiger partial charge in [0, 0.05) is 19.5 Å². The first-order chi connectivity index (χ1) is 12.9. The average molecular weight is 392 g/mol. The van der Waals surface area contributed by atoms with Crippen LogP contribution >= 0.6 is 0 Å². The molecule has 8 nitrogen and oxygen atoms in total.